The third-order valence-corrected chi connectivity index (χ3v) is 3.66. The van der Waals surface area contributed by atoms with Crippen molar-refractivity contribution in [1.29, 1.82) is 0 Å². The van der Waals surface area contributed by atoms with Gasteiger partial charge < -0.3 is 9.47 Å². The van der Waals surface area contributed by atoms with Crippen molar-refractivity contribution in [3.63, 3.8) is 0 Å². The SMILES string of the molecule is CCCCC(CC)COC(=O)OOC(C)(CC(C)C)OOC(=O)OC(C)C. The zero-order valence-electron chi connectivity index (χ0n) is 17.7. The summed E-state index contributed by atoms with van der Waals surface area (Å²) >= 11 is 0. The van der Waals surface area contributed by atoms with Crippen molar-refractivity contribution in [2.75, 3.05) is 6.61 Å². The summed E-state index contributed by atoms with van der Waals surface area (Å²) in [5, 5.41) is 0. The molecule has 0 saturated heterocycles. The van der Waals surface area contributed by atoms with Crippen molar-refractivity contribution in [1.82, 2.24) is 0 Å². The molecule has 0 aromatic rings. The summed E-state index contributed by atoms with van der Waals surface area (Å²) in [6.07, 6.45) is 2.04. The lowest BCUT2D eigenvalue weighted by molar-refractivity contribution is -0.479. The van der Waals surface area contributed by atoms with Crippen molar-refractivity contribution < 1.29 is 38.6 Å². The minimum Gasteiger partial charge on any atom is -0.432 e. The van der Waals surface area contributed by atoms with E-state index in [1.54, 1.807) is 13.8 Å². The second kappa shape index (κ2) is 13.6. The quantitative estimate of drug-likeness (QED) is 0.175. The molecule has 2 atom stereocenters. The highest BCUT2D eigenvalue weighted by molar-refractivity contribution is 5.59. The van der Waals surface area contributed by atoms with Gasteiger partial charge in [0.25, 0.3) is 5.79 Å². The van der Waals surface area contributed by atoms with Gasteiger partial charge in [0.15, 0.2) is 0 Å². The average molecular weight is 392 g/mol. The first kappa shape index (κ1) is 25.5. The number of ether oxygens (including phenoxy) is 2. The minimum absolute atomic E-state index is 0.109. The van der Waals surface area contributed by atoms with E-state index < -0.39 is 18.1 Å². The average Bonchev–Trinajstić information content (AvgIpc) is 2.57. The van der Waals surface area contributed by atoms with Gasteiger partial charge in [-0.1, -0.05) is 47.0 Å². The molecule has 0 saturated carbocycles. The fourth-order valence-corrected chi connectivity index (χ4v) is 2.39. The van der Waals surface area contributed by atoms with E-state index in [1.807, 2.05) is 20.8 Å². The molecule has 2 unspecified atom stereocenters. The monoisotopic (exact) mass is 392 g/mol. The maximum absolute atomic E-state index is 11.8. The Hall–Kier alpha value is -1.54. The molecule has 0 heterocycles. The molecule has 8 nitrogen and oxygen atoms in total. The predicted octanol–water partition coefficient (Wildman–Crippen LogP) is 5.54. The van der Waals surface area contributed by atoms with E-state index in [0.29, 0.717) is 6.42 Å². The zero-order valence-corrected chi connectivity index (χ0v) is 17.7. The molecular formula is C19H36O8. The highest BCUT2D eigenvalue weighted by Crippen LogP contribution is 2.24. The van der Waals surface area contributed by atoms with Crippen LogP contribution in [0.25, 0.3) is 0 Å². The van der Waals surface area contributed by atoms with E-state index >= 15 is 0 Å². The Kier molecular flexibility index (Phi) is 12.8. The van der Waals surface area contributed by atoms with Crippen LogP contribution in [0.1, 0.15) is 80.6 Å². The molecule has 0 spiro atoms. The third kappa shape index (κ3) is 13.3. The molecule has 0 aliphatic heterocycles. The van der Waals surface area contributed by atoms with Crippen molar-refractivity contribution in [3.05, 3.63) is 0 Å². The van der Waals surface area contributed by atoms with Crippen molar-refractivity contribution >= 4 is 12.3 Å². The lowest BCUT2D eigenvalue weighted by Crippen LogP contribution is -2.36. The second-order valence-electron chi connectivity index (χ2n) is 7.46. The number of hydrogen-bond donors (Lipinski definition) is 0. The molecule has 0 radical (unpaired) electrons. The summed E-state index contributed by atoms with van der Waals surface area (Å²) in [5.41, 5.74) is 0. The van der Waals surface area contributed by atoms with Crippen molar-refractivity contribution in [2.24, 2.45) is 11.8 Å². The van der Waals surface area contributed by atoms with E-state index in [9.17, 15) is 9.59 Å². The van der Waals surface area contributed by atoms with E-state index in [4.69, 9.17) is 24.1 Å². The second-order valence-corrected chi connectivity index (χ2v) is 7.46. The maximum Gasteiger partial charge on any atom is 0.540 e. The van der Waals surface area contributed by atoms with Crippen LogP contribution in [-0.4, -0.2) is 30.8 Å². The van der Waals surface area contributed by atoms with Gasteiger partial charge in [-0.3, -0.25) is 9.78 Å². The van der Waals surface area contributed by atoms with Gasteiger partial charge in [-0.15, -0.1) is 9.78 Å². The lowest BCUT2D eigenvalue weighted by Gasteiger charge is -2.26. The number of hydrogen-bond acceptors (Lipinski definition) is 8. The molecule has 0 aliphatic carbocycles. The fraction of sp³-hybridized carbons (Fsp3) is 0.895. The first-order chi connectivity index (χ1) is 12.6. The molecule has 0 bridgehead atoms. The van der Waals surface area contributed by atoms with Crippen LogP contribution in [0.2, 0.25) is 0 Å². The number of unbranched alkanes of at least 4 members (excludes halogenated alkanes) is 1. The smallest absolute Gasteiger partial charge is 0.432 e. The van der Waals surface area contributed by atoms with Crippen LogP contribution in [0.5, 0.6) is 0 Å². The lowest BCUT2D eigenvalue weighted by atomic mass is 10.0. The van der Waals surface area contributed by atoms with E-state index in [2.05, 4.69) is 11.8 Å². The van der Waals surface area contributed by atoms with E-state index in [-0.39, 0.29) is 24.5 Å². The molecule has 8 heteroatoms. The summed E-state index contributed by atoms with van der Waals surface area (Å²) in [7, 11) is 0. The van der Waals surface area contributed by atoms with Crippen LogP contribution < -0.4 is 0 Å². The Balaban J connectivity index is 4.49. The van der Waals surface area contributed by atoms with Crippen LogP contribution in [0, 0.1) is 11.8 Å². The van der Waals surface area contributed by atoms with Gasteiger partial charge in [0.2, 0.25) is 0 Å². The van der Waals surface area contributed by atoms with E-state index in [1.165, 1.54) is 6.92 Å². The third-order valence-electron chi connectivity index (χ3n) is 3.66. The highest BCUT2D eigenvalue weighted by Gasteiger charge is 2.35. The Bertz CT molecular complexity index is 424. The van der Waals surface area contributed by atoms with Crippen molar-refractivity contribution in [3.8, 4) is 0 Å². The fourth-order valence-electron chi connectivity index (χ4n) is 2.39. The van der Waals surface area contributed by atoms with Gasteiger partial charge in [0, 0.05) is 6.42 Å². The van der Waals surface area contributed by atoms with Gasteiger partial charge in [-0.2, -0.15) is 0 Å². The summed E-state index contributed by atoms with van der Waals surface area (Å²) in [6, 6.07) is 0. The number of rotatable bonds is 13. The summed E-state index contributed by atoms with van der Waals surface area (Å²) < 4.78 is 9.91. The van der Waals surface area contributed by atoms with Crippen LogP contribution in [0.4, 0.5) is 9.59 Å². The molecule has 0 aromatic heterocycles. The minimum atomic E-state index is -1.49. The summed E-state index contributed by atoms with van der Waals surface area (Å²) in [4.78, 5) is 42.7. The topological polar surface area (TPSA) is 89.5 Å². The van der Waals surface area contributed by atoms with Gasteiger partial charge in [0.05, 0.1) is 12.7 Å². The molecule has 0 N–H and O–H groups in total. The molecule has 160 valence electrons. The Morgan fingerprint density at radius 1 is 0.963 bits per heavy atom. The van der Waals surface area contributed by atoms with Gasteiger partial charge in [-0.05, 0) is 39.0 Å². The van der Waals surface area contributed by atoms with Crippen LogP contribution in [0.3, 0.4) is 0 Å². The summed E-state index contributed by atoms with van der Waals surface area (Å²) in [5.74, 6) is -1.10. The molecule has 0 rings (SSSR count). The predicted molar refractivity (Wildman–Crippen MR) is 98.5 cm³/mol. The largest absolute Gasteiger partial charge is 0.540 e. The Morgan fingerprint density at radius 3 is 2.04 bits per heavy atom. The van der Waals surface area contributed by atoms with E-state index in [0.717, 1.165) is 25.7 Å². The molecule has 0 fully saturated rings. The van der Waals surface area contributed by atoms with Gasteiger partial charge >= 0.3 is 12.3 Å². The summed E-state index contributed by atoms with van der Waals surface area (Å²) in [6.45, 7) is 13.1. The Morgan fingerprint density at radius 2 is 1.56 bits per heavy atom. The van der Waals surface area contributed by atoms with Crippen LogP contribution >= 0.6 is 0 Å². The van der Waals surface area contributed by atoms with Gasteiger partial charge in [-0.25, -0.2) is 9.59 Å². The molecule has 0 amide bonds. The molecule has 27 heavy (non-hydrogen) atoms. The molecule has 0 aromatic carbocycles. The Labute approximate surface area is 162 Å². The zero-order chi connectivity index (χ0) is 20.9. The highest BCUT2D eigenvalue weighted by atomic mass is 17.3. The standard InChI is InChI=1S/C19H36O8/c1-8-10-11-16(9-2)13-22-17(20)24-26-19(7,12-14(3)4)27-25-18(21)23-15(5)6/h14-16H,8-13H2,1-7H3. The van der Waals surface area contributed by atoms with Crippen molar-refractivity contribution in [2.45, 2.75) is 92.5 Å². The normalized spacial score (nSPS) is 14.6. The number of carbonyl (C=O) groups excluding carboxylic acids is 2. The number of carbonyl (C=O) groups is 2. The molecule has 0 aliphatic rings. The molecular weight excluding hydrogens is 356 g/mol. The first-order valence-corrected chi connectivity index (χ1v) is 9.70. The first-order valence-electron chi connectivity index (χ1n) is 9.70. The van der Waals surface area contributed by atoms with Crippen LogP contribution in [0.15, 0.2) is 0 Å². The maximum atomic E-state index is 11.8. The van der Waals surface area contributed by atoms with Gasteiger partial charge in [0.1, 0.15) is 0 Å². The van der Waals surface area contributed by atoms with Crippen LogP contribution in [-0.2, 0) is 29.0 Å².